The molecule has 2 unspecified atom stereocenters. The monoisotopic (exact) mass is 636 g/mol. The summed E-state index contributed by atoms with van der Waals surface area (Å²) in [6.45, 7) is 4.89. The van der Waals surface area contributed by atoms with Gasteiger partial charge in [-0.15, -0.1) is 0 Å². The first kappa shape index (κ1) is 30.9. The first-order valence-corrected chi connectivity index (χ1v) is 17.6. The van der Waals surface area contributed by atoms with Crippen LogP contribution in [0.3, 0.4) is 0 Å². The van der Waals surface area contributed by atoms with Crippen LogP contribution in [0.1, 0.15) is 57.1 Å². The molecule has 0 spiro atoms. The van der Waals surface area contributed by atoms with Gasteiger partial charge in [-0.2, -0.15) is 5.26 Å². The van der Waals surface area contributed by atoms with Gasteiger partial charge in [0.05, 0.1) is 11.6 Å². The number of nitrogens with zero attached hydrogens (tertiary/aromatic N) is 4. The molecule has 5 aromatic carbocycles. The number of rotatable bonds is 6. The molecule has 4 nitrogen and oxygen atoms in total. The van der Waals surface area contributed by atoms with E-state index in [2.05, 4.69) is 98.8 Å². The fourth-order valence-electron chi connectivity index (χ4n) is 8.92. The summed E-state index contributed by atoms with van der Waals surface area (Å²) in [5.74, 6) is 4.33. The average molecular weight is 637 g/mol. The minimum atomic E-state index is 0.275. The Morgan fingerprint density at radius 1 is 0.531 bits per heavy atom. The molecule has 240 valence electrons. The lowest BCUT2D eigenvalue weighted by Gasteiger charge is -2.50. The van der Waals surface area contributed by atoms with E-state index in [4.69, 9.17) is 15.0 Å². The second kappa shape index (κ2) is 12.9. The zero-order chi connectivity index (χ0) is 33.4. The first-order chi connectivity index (χ1) is 24.0. The molecule has 1 aromatic heterocycles. The molecule has 2 aliphatic carbocycles. The van der Waals surface area contributed by atoms with Crippen molar-refractivity contribution in [3.8, 4) is 62.5 Å². The smallest absolute Gasteiger partial charge is 0.164 e. The van der Waals surface area contributed by atoms with Crippen LogP contribution in [0.5, 0.6) is 0 Å². The van der Waals surface area contributed by atoms with Gasteiger partial charge >= 0.3 is 0 Å². The minimum Gasteiger partial charge on any atom is -0.208 e. The zero-order valence-electron chi connectivity index (χ0n) is 28.2. The minimum absolute atomic E-state index is 0.275. The molecule has 4 atom stereocenters. The maximum Gasteiger partial charge on any atom is 0.164 e. The fraction of sp³-hybridized carbons (Fsp3) is 0.244. The molecule has 0 saturated heterocycles. The number of nitriles is 1. The Bertz CT molecular complexity index is 2130. The summed E-state index contributed by atoms with van der Waals surface area (Å²) in [6, 6.07) is 46.1. The standard InChI is InChI=1S/C45H40N4/c1-30-22-33-23-31(2)27-45(26-30,28-33)39-19-16-36(17-20-39)43-47-42(35-13-7-4-8-14-35)48-44(49-43)40-21-18-38(37-15-9-10-32(24-37)29-46)25-41(40)34-11-5-3-6-12-34/h3-21,24-25,30-31,33H,22-23,26-28H2,1-2H3/t30-,31+,33?,45?. The normalized spacial score (nSPS) is 21.5. The van der Waals surface area contributed by atoms with Crippen molar-refractivity contribution in [2.24, 2.45) is 17.8 Å². The molecule has 2 saturated carbocycles. The van der Waals surface area contributed by atoms with Crippen molar-refractivity contribution >= 4 is 0 Å². The summed E-state index contributed by atoms with van der Waals surface area (Å²) in [6.07, 6.45) is 6.62. The van der Waals surface area contributed by atoms with E-state index in [0.29, 0.717) is 23.0 Å². The largest absolute Gasteiger partial charge is 0.208 e. The number of benzene rings is 5. The van der Waals surface area contributed by atoms with Crippen LogP contribution in [0.2, 0.25) is 0 Å². The molecule has 6 aromatic rings. The molecule has 0 aliphatic heterocycles. The molecular weight excluding hydrogens is 597 g/mol. The van der Waals surface area contributed by atoms with Crippen LogP contribution in [-0.4, -0.2) is 15.0 Å². The second-order valence-electron chi connectivity index (χ2n) is 14.5. The Hall–Kier alpha value is -5.40. The third kappa shape index (κ3) is 6.18. The summed E-state index contributed by atoms with van der Waals surface area (Å²) in [4.78, 5) is 15.3. The first-order valence-electron chi connectivity index (χ1n) is 17.6. The Labute approximate surface area is 289 Å². The molecule has 0 N–H and O–H groups in total. The van der Waals surface area contributed by atoms with Gasteiger partial charge in [-0.25, -0.2) is 15.0 Å². The fourth-order valence-corrected chi connectivity index (χ4v) is 8.92. The van der Waals surface area contributed by atoms with Gasteiger partial charge in [0.25, 0.3) is 0 Å². The van der Waals surface area contributed by atoms with Crippen molar-refractivity contribution < 1.29 is 0 Å². The van der Waals surface area contributed by atoms with Crippen LogP contribution in [-0.2, 0) is 5.41 Å². The lowest BCUT2D eigenvalue weighted by Crippen LogP contribution is -2.42. The highest BCUT2D eigenvalue weighted by molar-refractivity contribution is 5.86. The van der Waals surface area contributed by atoms with Gasteiger partial charge in [0.15, 0.2) is 17.5 Å². The van der Waals surface area contributed by atoms with Gasteiger partial charge in [-0.3, -0.25) is 0 Å². The number of hydrogen-bond acceptors (Lipinski definition) is 4. The highest BCUT2D eigenvalue weighted by Crippen LogP contribution is 2.54. The van der Waals surface area contributed by atoms with E-state index in [1.54, 1.807) is 0 Å². The molecule has 2 bridgehead atoms. The van der Waals surface area contributed by atoms with Gasteiger partial charge in [-0.1, -0.05) is 117 Å². The van der Waals surface area contributed by atoms with Crippen molar-refractivity contribution in [3.05, 3.63) is 139 Å². The third-order valence-electron chi connectivity index (χ3n) is 10.7. The SMILES string of the molecule is C[C@@H]1CC2C[C@H](C)CC(c3ccc(-c4nc(-c5ccccc5)nc(-c5ccc(-c6cccc(C#N)c6)cc5-c5ccccc5)n4)cc3)(C2)C1. The Kier molecular flexibility index (Phi) is 8.14. The van der Waals surface area contributed by atoms with Crippen LogP contribution in [0.4, 0.5) is 0 Å². The van der Waals surface area contributed by atoms with Crippen LogP contribution in [0, 0.1) is 29.1 Å². The molecule has 49 heavy (non-hydrogen) atoms. The van der Waals surface area contributed by atoms with Crippen molar-refractivity contribution in [1.82, 2.24) is 15.0 Å². The predicted molar refractivity (Wildman–Crippen MR) is 198 cm³/mol. The van der Waals surface area contributed by atoms with Gasteiger partial charge in [0.1, 0.15) is 0 Å². The lowest BCUT2D eigenvalue weighted by atomic mass is 9.54. The van der Waals surface area contributed by atoms with Crippen molar-refractivity contribution in [2.75, 3.05) is 0 Å². The average Bonchev–Trinajstić information content (AvgIpc) is 3.14. The van der Waals surface area contributed by atoms with E-state index >= 15 is 0 Å². The summed E-state index contributed by atoms with van der Waals surface area (Å²) in [5, 5.41) is 9.54. The summed E-state index contributed by atoms with van der Waals surface area (Å²) in [7, 11) is 0. The molecule has 0 amide bonds. The van der Waals surface area contributed by atoms with Crippen molar-refractivity contribution in [1.29, 1.82) is 5.26 Å². The van der Waals surface area contributed by atoms with E-state index in [1.807, 2.05) is 48.5 Å². The highest BCUT2D eigenvalue weighted by Gasteiger charge is 2.45. The maximum atomic E-state index is 9.54. The molecule has 1 heterocycles. The van der Waals surface area contributed by atoms with E-state index < -0.39 is 0 Å². The zero-order valence-corrected chi connectivity index (χ0v) is 28.2. The topological polar surface area (TPSA) is 62.5 Å². The van der Waals surface area contributed by atoms with Crippen LogP contribution in [0.15, 0.2) is 127 Å². The van der Waals surface area contributed by atoms with Gasteiger partial charge in [0.2, 0.25) is 0 Å². The molecule has 8 rings (SSSR count). The third-order valence-corrected chi connectivity index (χ3v) is 10.7. The molecule has 0 radical (unpaired) electrons. The number of aromatic nitrogens is 3. The van der Waals surface area contributed by atoms with E-state index in [-0.39, 0.29) is 5.41 Å². The summed E-state index contributed by atoms with van der Waals surface area (Å²) in [5.41, 5.74) is 9.39. The molecule has 4 heteroatoms. The van der Waals surface area contributed by atoms with E-state index in [1.165, 1.54) is 37.7 Å². The van der Waals surface area contributed by atoms with Crippen LogP contribution < -0.4 is 0 Å². The van der Waals surface area contributed by atoms with Crippen LogP contribution >= 0.6 is 0 Å². The Morgan fingerprint density at radius 3 is 1.73 bits per heavy atom. The summed E-state index contributed by atoms with van der Waals surface area (Å²) >= 11 is 0. The van der Waals surface area contributed by atoms with Gasteiger partial charge < -0.3 is 0 Å². The van der Waals surface area contributed by atoms with E-state index in [9.17, 15) is 5.26 Å². The Morgan fingerprint density at radius 2 is 1.08 bits per heavy atom. The lowest BCUT2D eigenvalue weighted by molar-refractivity contribution is 0.0780. The molecular formula is C45H40N4. The number of fused-ring (bicyclic) bond motifs is 2. The van der Waals surface area contributed by atoms with Crippen molar-refractivity contribution in [3.63, 3.8) is 0 Å². The van der Waals surface area contributed by atoms with Gasteiger partial charge in [0, 0.05) is 16.7 Å². The number of hydrogen-bond donors (Lipinski definition) is 0. The quantitative estimate of drug-likeness (QED) is 0.182. The molecule has 2 fully saturated rings. The van der Waals surface area contributed by atoms with Crippen LogP contribution in [0.25, 0.3) is 56.4 Å². The molecule has 2 aliphatic rings. The Balaban J connectivity index is 1.25. The summed E-state index contributed by atoms with van der Waals surface area (Å²) < 4.78 is 0. The van der Waals surface area contributed by atoms with Crippen molar-refractivity contribution in [2.45, 2.75) is 51.4 Å². The highest BCUT2D eigenvalue weighted by atomic mass is 15.0. The maximum absolute atomic E-state index is 9.54. The van der Waals surface area contributed by atoms with Gasteiger partial charge in [-0.05, 0) is 107 Å². The predicted octanol–water partition coefficient (Wildman–Crippen LogP) is 11.2. The second-order valence-corrected chi connectivity index (χ2v) is 14.5. The van der Waals surface area contributed by atoms with E-state index in [0.717, 1.165) is 56.7 Å².